The molecule has 0 aliphatic heterocycles. The van der Waals surface area contributed by atoms with E-state index in [4.69, 9.17) is 9.97 Å². The van der Waals surface area contributed by atoms with Gasteiger partial charge in [0.05, 0.1) is 16.6 Å². The fourth-order valence-electron chi connectivity index (χ4n) is 9.91. The van der Waals surface area contributed by atoms with Crippen molar-refractivity contribution in [1.29, 1.82) is 0 Å². The van der Waals surface area contributed by atoms with E-state index in [1.165, 1.54) is 55.6 Å². The average molecular weight is 715 g/mol. The summed E-state index contributed by atoms with van der Waals surface area (Å²) in [7, 11) is 0. The topological polar surface area (TPSA) is 25.8 Å². The number of nitrogens with zero attached hydrogens (tertiary/aromatic N) is 2. The largest absolute Gasteiger partial charge is 0.228 e. The summed E-state index contributed by atoms with van der Waals surface area (Å²) in [6.07, 6.45) is 0. The zero-order valence-corrected chi connectivity index (χ0v) is 31.4. The van der Waals surface area contributed by atoms with E-state index in [2.05, 4.69) is 208 Å². The SMILES string of the molecule is CC1(C)c2ccccc2-c2ccc3nc(-c4cccc(-c5cccc(C6(c7ccccc7)c7ccccc7-c7ccccc76)c5)c4)nc(-c4ccccc4)c3c21. The highest BCUT2D eigenvalue weighted by Crippen LogP contribution is 2.56. The van der Waals surface area contributed by atoms with Crippen LogP contribution in [-0.2, 0) is 10.8 Å². The van der Waals surface area contributed by atoms with E-state index < -0.39 is 5.41 Å². The van der Waals surface area contributed by atoms with Crippen molar-refractivity contribution in [2.75, 3.05) is 0 Å². The fraction of sp³-hybridized carbons (Fsp3) is 0.0741. The van der Waals surface area contributed by atoms with Gasteiger partial charge in [0, 0.05) is 21.9 Å². The Labute approximate surface area is 327 Å². The van der Waals surface area contributed by atoms with Gasteiger partial charge in [-0.3, -0.25) is 0 Å². The van der Waals surface area contributed by atoms with Crippen LogP contribution in [-0.4, -0.2) is 9.97 Å². The fourth-order valence-corrected chi connectivity index (χ4v) is 9.91. The zero-order chi connectivity index (χ0) is 37.4. The summed E-state index contributed by atoms with van der Waals surface area (Å²) >= 11 is 0. The maximum absolute atomic E-state index is 5.45. The Morgan fingerprint density at radius 1 is 0.375 bits per heavy atom. The van der Waals surface area contributed by atoms with Crippen LogP contribution in [0.15, 0.2) is 194 Å². The average Bonchev–Trinajstić information content (AvgIpc) is 3.70. The minimum atomic E-state index is -0.457. The van der Waals surface area contributed by atoms with E-state index in [1.54, 1.807) is 0 Å². The lowest BCUT2D eigenvalue weighted by molar-refractivity contribution is 0.666. The maximum atomic E-state index is 5.45. The summed E-state index contributed by atoms with van der Waals surface area (Å²) in [5.74, 6) is 0.724. The molecule has 0 saturated heterocycles. The third-order valence-corrected chi connectivity index (χ3v) is 12.3. The molecule has 1 heterocycles. The first-order valence-electron chi connectivity index (χ1n) is 19.5. The van der Waals surface area contributed by atoms with Crippen molar-refractivity contribution in [2.24, 2.45) is 0 Å². The lowest BCUT2D eigenvalue weighted by Crippen LogP contribution is -2.28. The van der Waals surface area contributed by atoms with Crippen LogP contribution < -0.4 is 0 Å². The van der Waals surface area contributed by atoms with Gasteiger partial charge in [0.2, 0.25) is 0 Å². The summed E-state index contributed by atoms with van der Waals surface area (Å²) in [6, 6.07) is 70.6. The van der Waals surface area contributed by atoms with E-state index in [-0.39, 0.29) is 5.41 Å². The van der Waals surface area contributed by atoms with Gasteiger partial charge in [-0.05, 0) is 85.0 Å². The molecule has 2 aliphatic carbocycles. The number of hydrogen-bond donors (Lipinski definition) is 0. The van der Waals surface area contributed by atoms with Crippen molar-refractivity contribution in [3.8, 4) is 56.0 Å². The molecule has 0 amide bonds. The summed E-state index contributed by atoms with van der Waals surface area (Å²) in [5, 5.41) is 1.13. The molecule has 11 rings (SSSR count). The molecule has 2 heteroatoms. The predicted octanol–water partition coefficient (Wildman–Crippen LogP) is 13.3. The van der Waals surface area contributed by atoms with Crippen molar-refractivity contribution in [3.63, 3.8) is 0 Å². The molecule has 0 bridgehead atoms. The smallest absolute Gasteiger partial charge is 0.160 e. The zero-order valence-electron chi connectivity index (χ0n) is 31.4. The van der Waals surface area contributed by atoms with Crippen LogP contribution in [0.2, 0.25) is 0 Å². The Hall–Kier alpha value is -6.90. The van der Waals surface area contributed by atoms with Gasteiger partial charge < -0.3 is 0 Å². The van der Waals surface area contributed by atoms with Crippen LogP contribution in [0, 0.1) is 0 Å². The third-order valence-electron chi connectivity index (χ3n) is 12.3. The number of rotatable bonds is 5. The van der Waals surface area contributed by atoms with Gasteiger partial charge in [0.1, 0.15) is 0 Å². The van der Waals surface area contributed by atoms with Crippen LogP contribution in [0.25, 0.3) is 66.9 Å². The molecule has 0 unspecified atom stereocenters. The number of aromatic nitrogens is 2. The lowest BCUT2D eigenvalue weighted by Gasteiger charge is -2.34. The molecule has 8 aromatic carbocycles. The van der Waals surface area contributed by atoms with Crippen LogP contribution in [0.3, 0.4) is 0 Å². The summed E-state index contributed by atoms with van der Waals surface area (Å²) in [4.78, 5) is 10.8. The lowest BCUT2D eigenvalue weighted by atomic mass is 9.67. The molecule has 9 aromatic rings. The second kappa shape index (κ2) is 12.3. The summed E-state index contributed by atoms with van der Waals surface area (Å²) < 4.78 is 0. The molecule has 0 spiro atoms. The highest BCUT2D eigenvalue weighted by molar-refractivity contribution is 6.03. The summed E-state index contributed by atoms with van der Waals surface area (Å²) in [6.45, 7) is 4.67. The Kier molecular flexibility index (Phi) is 7.15. The normalized spacial score (nSPS) is 14.2. The molecule has 0 saturated carbocycles. The van der Waals surface area contributed by atoms with Crippen LogP contribution in [0.5, 0.6) is 0 Å². The molecule has 0 radical (unpaired) electrons. The van der Waals surface area contributed by atoms with Gasteiger partial charge in [-0.15, -0.1) is 0 Å². The van der Waals surface area contributed by atoms with Crippen molar-refractivity contribution < 1.29 is 0 Å². The quantitative estimate of drug-likeness (QED) is 0.177. The first-order chi connectivity index (χ1) is 27.5. The van der Waals surface area contributed by atoms with Crippen molar-refractivity contribution in [3.05, 3.63) is 228 Å². The Morgan fingerprint density at radius 3 is 1.59 bits per heavy atom. The van der Waals surface area contributed by atoms with E-state index in [9.17, 15) is 0 Å². The first kappa shape index (κ1) is 32.5. The molecular formula is C54H38N2. The molecule has 0 atom stereocenters. The number of fused-ring (bicyclic) bond motifs is 8. The predicted molar refractivity (Wildman–Crippen MR) is 231 cm³/mol. The van der Waals surface area contributed by atoms with E-state index in [0.717, 1.165) is 44.7 Å². The van der Waals surface area contributed by atoms with Crippen molar-refractivity contribution in [1.82, 2.24) is 9.97 Å². The number of benzene rings is 8. The summed E-state index contributed by atoms with van der Waals surface area (Å²) in [5.41, 5.74) is 18.6. The van der Waals surface area contributed by atoms with Gasteiger partial charge in [0.15, 0.2) is 5.82 Å². The third kappa shape index (κ3) is 4.63. The van der Waals surface area contributed by atoms with Gasteiger partial charge in [-0.25, -0.2) is 9.97 Å². The van der Waals surface area contributed by atoms with E-state index in [0.29, 0.717) is 0 Å². The molecule has 2 aliphatic rings. The van der Waals surface area contributed by atoms with Crippen LogP contribution >= 0.6 is 0 Å². The number of hydrogen-bond acceptors (Lipinski definition) is 2. The molecular weight excluding hydrogens is 677 g/mol. The second-order valence-electron chi connectivity index (χ2n) is 15.7. The minimum absolute atomic E-state index is 0.192. The molecule has 0 N–H and O–H groups in total. The highest BCUT2D eigenvalue weighted by atomic mass is 14.9. The monoisotopic (exact) mass is 714 g/mol. The van der Waals surface area contributed by atoms with Crippen molar-refractivity contribution >= 4 is 10.9 Å². The minimum Gasteiger partial charge on any atom is -0.228 e. The van der Waals surface area contributed by atoms with E-state index >= 15 is 0 Å². The van der Waals surface area contributed by atoms with Gasteiger partial charge in [-0.2, -0.15) is 0 Å². The van der Waals surface area contributed by atoms with Gasteiger partial charge >= 0.3 is 0 Å². The molecule has 2 nitrogen and oxygen atoms in total. The Bertz CT molecular complexity index is 2950. The molecule has 0 fully saturated rings. The Morgan fingerprint density at radius 2 is 0.893 bits per heavy atom. The standard InChI is InChI=1S/C54H38N2/c1-53(2)45-28-12-9-27-43(45)44-31-32-48-49(50(44)53)51(35-17-5-3-6-18-35)56-52(55-48)38-21-15-19-36(33-38)37-20-16-24-40(34-37)54(39-22-7-4-8-23-39)46-29-13-10-25-41(46)42-26-11-14-30-47(42)54/h3-34H,1-2H3. The maximum Gasteiger partial charge on any atom is 0.160 e. The van der Waals surface area contributed by atoms with Crippen LogP contribution in [0.4, 0.5) is 0 Å². The molecule has 1 aromatic heterocycles. The molecule has 264 valence electrons. The highest BCUT2D eigenvalue weighted by Gasteiger charge is 2.46. The van der Waals surface area contributed by atoms with Gasteiger partial charge in [0.25, 0.3) is 0 Å². The van der Waals surface area contributed by atoms with E-state index in [1.807, 2.05) is 0 Å². The molecule has 56 heavy (non-hydrogen) atoms. The Balaban J connectivity index is 1.09. The van der Waals surface area contributed by atoms with Gasteiger partial charge in [-0.1, -0.05) is 190 Å². The van der Waals surface area contributed by atoms with Crippen LogP contribution in [0.1, 0.15) is 47.2 Å². The second-order valence-corrected chi connectivity index (χ2v) is 15.7. The van der Waals surface area contributed by atoms with Crippen molar-refractivity contribution in [2.45, 2.75) is 24.7 Å². The first-order valence-corrected chi connectivity index (χ1v) is 19.5.